The van der Waals surface area contributed by atoms with Gasteiger partial charge in [-0.1, -0.05) is 17.7 Å². The Morgan fingerprint density at radius 2 is 2.10 bits per heavy atom. The molecular formula is C15H21ClN4O. The summed E-state index contributed by atoms with van der Waals surface area (Å²) in [5, 5.41) is 5.10. The van der Waals surface area contributed by atoms with Crippen molar-refractivity contribution < 1.29 is 4.74 Å². The maximum absolute atomic E-state index is 6.04. The van der Waals surface area contributed by atoms with Gasteiger partial charge >= 0.3 is 0 Å². The van der Waals surface area contributed by atoms with E-state index in [9.17, 15) is 0 Å². The van der Waals surface area contributed by atoms with E-state index in [1.165, 1.54) is 0 Å². The van der Waals surface area contributed by atoms with E-state index in [1.807, 2.05) is 29.8 Å². The fourth-order valence-electron chi connectivity index (χ4n) is 2.48. The predicted molar refractivity (Wildman–Crippen MR) is 84.5 cm³/mol. The van der Waals surface area contributed by atoms with E-state index in [0.717, 1.165) is 16.8 Å². The number of halogens is 1. The number of rotatable bonds is 5. The summed E-state index contributed by atoms with van der Waals surface area (Å²) in [6.45, 7) is 6.14. The average Bonchev–Trinajstić information content (AvgIpc) is 2.86. The Morgan fingerprint density at radius 1 is 1.38 bits per heavy atom. The van der Waals surface area contributed by atoms with Crippen molar-refractivity contribution in [3.63, 3.8) is 0 Å². The van der Waals surface area contributed by atoms with E-state index in [4.69, 9.17) is 22.2 Å². The third kappa shape index (κ3) is 3.05. The van der Waals surface area contributed by atoms with Crippen molar-refractivity contribution in [2.45, 2.75) is 32.9 Å². The summed E-state index contributed by atoms with van der Waals surface area (Å²) in [6.07, 6.45) is 1.71. The first kappa shape index (κ1) is 15.8. The van der Waals surface area contributed by atoms with Crippen LogP contribution < -0.4 is 16.0 Å². The molecule has 0 aliphatic heterocycles. The lowest BCUT2D eigenvalue weighted by Gasteiger charge is -2.22. The molecule has 0 aliphatic rings. The summed E-state index contributed by atoms with van der Waals surface area (Å²) in [5.41, 5.74) is 5.87. The van der Waals surface area contributed by atoms with Crippen LogP contribution in [0, 0.1) is 6.92 Å². The fourth-order valence-corrected chi connectivity index (χ4v) is 2.70. The van der Waals surface area contributed by atoms with E-state index in [0.29, 0.717) is 10.8 Å². The van der Waals surface area contributed by atoms with Crippen LogP contribution in [0.4, 0.5) is 0 Å². The number of hydrazine groups is 1. The molecule has 0 fully saturated rings. The zero-order valence-corrected chi connectivity index (χ0v) is 13.5. The Balaban J connectivity index is 2.58. The van der Waals surface area contributed by atoms with E-state index < -0.39 is 0 Å². The number of hydrogen-bond donors (Lipinski definition) is 2. The molecule has 0 radical (unpaired) electrons. The monoisotopic (exact) mass is 308 g/mol. The van der Waals surface area contributed by atoms with Crippen LogP contribution in [0.15, 0.2) is 24.4 Å². The van der Waals surface area contributed by atoms with Gasteiger partial charge in [0.1, 0.15) is 5.69 Å². The molecule has 1 aromatic heterocycles. The first-order chi connectivity index (χ1) is 9.99. The molecule has 1 atom stereocenters. The number of aryl methyl sites for hydroxylation is 1. The lowest BCUT2D eigenvalue weighted by Crippen LogP contribution is -2.32. The van der Waals surface area contributed by atoms with Crippen LogP contribution in [-0.2, 0) is 0 Å². The summed E-state index contributed by atoms with van der Waals surface area (Å²) in [5.74, 6) is 6.53. The van der Waals surface area contributed by atoms with Gasteiger partial charge in [-0.3, -0.25) is 10.5 Å². The predicted octanol–water partition coefficient (Wildman–Crippen LogP) is 2.99. The van der Waals surface area contributed by atoms with E-state index in [1.54, 1.807) is 13.3 Å². The molecule has 0 spiro atoms. The molecule has 0 aliphatic carbocycles. The van der Waals surface area contributed by atoms with Crippen LogP contribution in [0.3, 0.4) is 0 Å². The molecule has 114 valence electrons. The molecule has 5 nitrogen and oxygen atoms in total. The zero-order chi connectivity index (χ0) is 15.6. The summed E-state index contributed by atoms with van der Waals surface area (Å²) in [6, 6.07) is 5.73. The van der Waals surface area contributed by atoms with Crippen LogP contribution in [-0.4, -0.2) is 16.9 Å². The Hall–Kier alpha value is -1.56. The van der Waals surface area contributed by atoms with Gasteiger partial charge in [-0.05, 0) is 44.0 Å². The molecule has 1 unspecified atom stereocenters. The van der Waals surface area contributed by atoms with Gasteiger partial charge in [0.2, 0.25) is 0 Å². The fraction of sp³-hybridized carbons (Fsp3) is 0.400. The van der Waals surface area contributed by atoms with Gasteiger partial charge in [-0.2, -0.15) is 5.10 Å². The zero-order valence-electron chi connectivity index (χ0n) is 12.7. The number of nitrogens with one attached hydrogen (secondary N) is 1. The first-order valence-electron chi connectivity index (χ1n) is 6.83. The van der Waals surface area contributed by atoms with E-state index >= 15 is 0 Å². The molecule has 1 heterocycles. The molecule has 1 aromatic carbocycles. The quantitative estimate of drug-likeness (QED) is 0.658. The Labute approximate surface area is 130 Å². The largest absolute Gasteiger partial charge is 0.493 e. The maximum atomic E-state index is 6.04. The topological polar surface area (TPSA) is 65.1 Å². The minimum Gasteiger partial charge on any atom is -0.493 e. The number of aromatic nitrogens is 2. The molecule has 0 amide bonds. The van der Waals surface area contributed by atoms with Crippen molar-refractivity contribution in [3.05, 3.63) is 46.2 Å². The van der Waals surface area contributed by atoms with Gasteiger partial charge in [-0.25, -0.2) is 5.43 Å². The van der Waals surface area contributed by atoms with Crippen LogP contribution in [0.25, 0.3) is 0 Å². The molecule has 3 N–H and O–H groups in total. The third-order valence-electron chi connectivity index (χ3n) is 3.49. The molecule has 21 heavy (non-hydrogen) atoms. The number of methoxy groups -OCH3 is 1. The van der Waals surface area contributed by atoms with Crippen molar-refractivity contribution >= 4 is 11.6 Å². The SMILES string of the molecule is COc1cnn(C(C)C)c1C(NN)c1ccc(Cl)cc1C. The van der Waals surface area contributed by atoms with Crippen LogP contribution in [0.5, 0.6) is 5.75 Å². The molecule has 0 bridgehead atoms. The second-order valence-electron chi connectivity index (χ2n) is 5.24. The Bertz CT molecular complexity index is 624. The van der Waals surface area contributed by atoms with Gasteiger partial charge < -0.3 is 4.74 Å². The number of nitrogens with zero attached hydrogens (tertiary/aromatic N) is 2. The van der Waals surface area contributed by atoms with Gasteiger partial charge in [0.15, 0.2) is 5.75 Å². The van der Waals surface area contributed by atoms with Crippen LogP contribution in [0.2, 0.25) is 5.02 Å². The molecule has 0 saturated carbocycles. The highest BCUT2D eigenvalue weighted by molar-refractivity contribution is 6.30. The number of ether oxygens (including phenoxy) is 1. The highest BCUT2D eigenvalue weighted by Crippen LogP contribution is 2.33. The highest BCUT2D eigenvalue weighted by Gasteiger charge is 2.25. The number of nitrogens with two attached hydrogens (primary N) is 1. The van der Waals surface area contributed by atoms with Gasteiger partial charge in [0, 0.05) is 11.1 Å². The second kappa shape index (κ2) is 6.47. The molecular weight excluding hydrogens is 288 g/mol. The summed E-state index contributed by atoms with van der Waals surface area (Å²) >= 11 is 6.04. The van der Waals surface area contributed by atoms with Crippen molar-refractivity contribution in [2.75, 3.05) is 7.11 Å². The Kier molecular flexibility index (Phi) is 4.88. The smallest absolute Gasteiger partial charge is 0.161 e. The van der Waals surface area contributed by atoms with Crippen LogP contribution in [0.1, 0.15) is 42.8 Å². The lowest BCUT2D eigenvalue weighted by molar-refractivity contribution is 0.394. The highest BCUT2D eigenvalue weighted by atomic mass is 35.5. The summed E-state index contributed by atoms with van der Waals surface area (Å²) in [4.78, 5) is 0. The standard InChI is InChI=1S/C15H21ClN4O/c1-9(2)20-15(13(21-4)8-18-20)14(19-17)12-6-5-11(16)7-10(12)3/h5-9,14,19H,17H2,1-4H3. The Morgan fingerprint density at radius 3 is 2.62 bits per heavy atom. The normalized spacial score (nSPS) is 12.7. The van der Waals surface area contributed by atoms with Crippen molar-refractivity contribution in [2.24, 2.45) is 5.84 Å². The molecule has 2 rings (SSSR count). The van der Waals surface area contributed by atoms with Gasteiger partial charge in [0.05, 0.1) is 19.3 Å². The van der Waals surface area contributed by atoms with E-state index in [2.05, 4.69) is 24.4 Å². The first-order valence-corrected chi connectivity index (χ1v) is 7.21. The molecule has 6 heteroatoms. The number of hydrogen-bond acceptors (Lipinski definition) is 4. The van der Waals surface area contributed by atoms with Crippen molar-refractivity contribution in [1.82, 2.24) is 15.2 Å². The minimum absolute atomic E-state index is 0.201. The van der Waals surface area contributed by atoms with E-state index in [-0.39, 0.29) is 12.1 Å². The van der Waals surface area contributed by atoms with Gasteiger partial charge in [0.25, 0.3) is 0 Å². The average molecular weight is 309 g/mol. The maximum Gasteiger partial charge on any atom is 0.161 e. The van der Waals surface area contributed by atoms with Crippen LogP contribution >= 0.6 is 11.6 Å². The third-order valence-corrected chi connectivity index (χ3v) is 3.73. The molecule has 2 aromatic rings. The molecule has 0 saturated heterocycles. The van der Waals surface area contributed by atoms with Crippen molar-refractivity contribution in [3.8, 4) is 5.75 Å². The van der Waals surface area contributed by atoms with Gasteiger partial charge in [-0.15, -0.1) is 0 Å². The summed E-state index contributed by atoms with van der Waals surface area (Å²) < 4.78 is 7.35. The van der Waals surface area contributed by atoms with Crippen molar-refractivity contribution in [1.29, 1.82) is 0 Å². The minimum atomic E-state index is -0.220. The lowest BCUT2D eigenvalue weighted by atomic mass is 9.98. The summed E-state index contributed by atoms with van der Waals surface area (Å²) in [7, 11) is 1.63. The number of benzene rings is 1. The second-order valence-corrected chi connectivity index (χ2v) is 5.67.